The van der Waals surface area contributed by atoms with Gasteiger partial charge in [-0.25, -0.2) is 8.78 Å². The smallest absolute Gasteiger partial charge is 0.167 e. The van der Waals surface area contributed by atoms with E-state index in [1.54, 1.807) is 12.1 Å². The van der Waals surface area contributed by atoms with Gasteiger partial charge in [-0.3, -0.25) is 0 Å². The lowest BCUT2D eigenvalue weighted by Crippen LogP contribution is -2.28. The van der Waals surface area contributed by atoms with Gasteiger partial charge < -0.3 is 4.74 Å². The van der Waals surface area contributed by atoms with Crippen LogP contribution in [0.15, 0.2) is 49.1 Å². The van der Waals surface area contributed by atoms with E-state index in [0.29, 0.717) is 23.8 Å². The van der Waals surface area contributed by atoms with Gasteiger partial charge in [0.25, 0.3) is 0 Å². The van der Waals surface area contributed by atoms with Crippen LogP contribution in [-0.4, -0.2) is 6.61 Å². The number of fused-ring (bicyclic) bond motifs is 1. The molecule has 33 heavy (non-hydrogen) atoms. The molecule has 2 aromatic carbocycles. The van der Waals surface area contributed by atoms with Crippen LogP contribution in [0.1, 0.15) is 76.7 Å². The molecule has 0 saturated heterocycles. The van der Waals surface area contributed by atoms with E-state index in [9.17, 15) is 4.39 Å². The second-order valence-electron chi connectivity index (χ2n) is 10.2. The van der Waals surface area contributed by atoms with Crippen molar-refractivity contribution in [1.29, 1.82) is 0 Å². The maximum atomic E-state index is 15.1. The quantitative estimate of drug-likeness (QED) is 0.381. The minimum atomic E-state index is -0.750. The Balaban J connectivity index is 1.41. The lowest BCUT2D eigenvalue weighted by atomic mass is 9.67. The molecule has 2 aliphatic rings. The molecular formula is C30H38F2O. The van der Waals surface area contributed by atoms with Crippen LogP contribution >= 0.6 is 0 Å². The largest absolute Gasteiger partial charge is 0.490 e. The summed E-state index contributed by atoms with van der Waals surface area (Å²) in [6, 6.07) is 7.10. The van der Waals surface area contributed by atoms with Gasteiger partial charge in [-0.2, -0.15) is 0 Å². The molecule has 2 saturated carbocycles. The highest BCUT2D eigenvalue weighted by Gasteiger charge is 2.33. The van der Waals surface area contributed by atoms with Gasteiger partial charge >= 0.3 is 0 Å². The Morgan fingerprint density at radius 3 is 2.27 bits per heavy atom. The van der Waals surface area contributed by atoms with Crippen molar-refractivity contribution in [3.63, 3.8) is 0 Å². The first kappa shape index (κ1) is 24.0. The first-order chi connectivity index (χ1) is 16.0. The minimum absolute atomic E-state index is 0.106. The zero-order chi connectivity index (χ0) is 23.4. The molecule has 4 rings (SSSR count). The van der Waals surface area contributed by atoms with Gasteiger partial charge in [0.2, 0.25) is 0 Å². The predicted octanol–water partition coefficient (Wildman–Crippen LogP) is 8.98. The summed E-state index contributed by atoms with van der Waals surface area (Å²) in [5.41, 5.74) is 0.553. The highest BCUT2D eigenvalue weighted by atomic mass is 19.2. The third kappa shape index (κ3) is 5.34. The summed E-state index contributed by atoms with van der Waals surface area (Å²) in [6.45, 7) is 8.52. The molecule has 178 valence electrons. The van der Waals surface area contributed by atoms with Gasteiger partial charge in [0, 0.05) is 5.39 Å². The molecule has 0 aliphatic heterocycles. The summed E-state index contributed by atoms with van der Waals surface area (Å²) in [5, 5.41) is 1.02. The van der Waals surface area contributed by atoms with Gasteiger partial charge in [0.15, 0.2) is 11.6 Å². The molecule has 1 atom stereocenters. The molecule has 3 heteroatoms. The Morgan fingerprint density at radius 1 is 0.970 bits per heavy atom. The average Bonchev–Trinajstić information content (AvgIpc) is 2.85. The van der Waals surface area contributed by atoms with Crippen LogP contribution in [-0.2, 0) is 0 Å². The monoisotopic (exact) mass is 452 g/mol. The SMILES string of the molecule is C=CCOc1ccc2cc(C3CCC(C(C)C4CCC(/C=C/C)CC4)CC3)c(F)c(F)c2c1. The second-order valence-corrected chi connectivity index (χ2v) is 10.2. The predicted molar refractivity (Wildman–Crippen MR) is 134 cm³/mol. The van der Waals surface area contributed by atoms with Crippen LogP contribution in [0.5, 0.6) is 5.75 Å². The van der Waals surface area contributed by atoms with Crippen LogP contribution in [0.3, 0.4) is 0 Å². The number of rotatable bonds is 7. The number of allylic oxidation sites excluding steroid dienone is 2. The zero-order valence-electron chi connectivity index (χ0n) is 20.2. The topological polar surface area (TPSA) is 9.23 Å². The van der Waals surface area contributed by atoms with Crippen molar-refractivity contribution < 1.29 is 13.5 Å². The second kappa shape index (κ2) is 10.8. The van der Waals surface area contributed by atoms with Crippen LogP contribution in [0, 0.1) is 35.3 Å². The van der Waals surface area contributed by atoms with E-state index >= 15 is 4.39 Å². The van der Waals surface area contributed by atoms with Gasteiger partial charge in [-0.15, -0.1) is 0 Å². The summed E-state index contributed by atoms with van der Waals surface area (Å²) in [4.78, 5) is 0. The van der Waals surface area contributed by atoms with E-state index in [1.807, 2.05) is 18.2 Å². The Bertz CT molecular complexity index is 978. The molecule has 0 radical (unpaired) electrons. The van der Waals surface area contributed by atoms with Gasteiger partial charge in [0.1, 0.15) is 12.4 Å². The van der Waals surface area contributed by atoms with Crippen molar-refractivity contribution in [3.8, 4) is 5.75 Å². The van der Waals surface area contributed by atoms with Crippen molar-refractivity contribution in [2.45, 2.75) is 71.1 Å². The summed E-state index contributed by atoms with van der Waals surface area (Å²) >= 11 is 0. The molecule has 2 aliphatic carbocycles. The van der Waals surface area contributed by atoms with Crippen molar-refractivity contribution >= 4 is 10.8 Å². The molecule has 0 bridgehead atoms. The van der Waals surface area contributed by atoms with E-state index in [0.717, 1.165) is 48.8 Å². The highest BCUT2D eigenvalue weighted by Crippen LogP contribution is 2.45. The van der Waals surface area contributed by atoms with Crippen molar-refractivity contribution in [2.24, 2.45) is 23.7 Å². The van der Waals surface area contributed by atoms with Crippen LogP contribution < -0.4 is 4.74 Å². The van der Waals surface area contributed by atoms with Crippen molar-refractivity contribution in [1.82, 2.24) is 0 Å². The van der Waals surface area contributed by atoms with Crippen LogP contribution in [0.2, 0.25) is 0 Å². The molecule has 0 N–H and O–H groups in total. The number of halogens is 2. The fourth-order valence-corrected chi connectivity index (χ4v) is 6.35. The van der Waals surface area contributed by atoms with E-state index in [1.165, 1.54) is 25.7 Å². The molecule has 2 fully saturated rings. The lowest BCUT2D eigenvalue weighted by molar-refractivity contribution is 0.142. The minimum Gasteiger partial charge on any atom is -0.490 e. The summed E-state index contributed by atoms with van der Waals surface area (Å²) in [5.74, 6) is 2.23. The van der Waals surface area contributed by atoms with E-state index in [4.69, 9.17) is 4.74 Å². The van der Waals surface area contributed by atoms with Gasteiger partial charge in [0.05, 0.1) is 0 Å². The molecule has 1 unspecified atom stereocenters. The maximum Gasteiger partial charge on any atom is 0.167 e. The van der Waals surface area contributed by atoms with Crippen molar-refractivity contribution in [3.05, 3.63) is 66.3 Å². The van der Waals surface area contributed by atoms with Gasteiger partial charge in [-0.1, -0.05) is 37.8 Å². The number of hydrogen-bond donors (Lipinski definition) is 0. The fraction of sp³-hybridized carbons (Fsp3) is 0.533. The molecule has 2 aromatic rings. The molecule has 0 spiro atoms. The third-order valence-corrected chi connectivity index (χ3v) is 8.37. The number of benzene rings is 2. The summed E-state index contributed by atoms with van der Waals surface area (Å²) in [7, 11) is 0. The molecule has 0 aromatic heterocycles. The average molecular weight is 453 g/mol. The van der Waals surface area contributed by atoms with Crippen LogP contribution in [0.25, 0.3) is 10.8 Å². The standard InChI is InChI=1S/C30H38F2O/c1-4-6-21-7-9-22(10-8-21)20(3)23-11-13-24(14-12-23)27-18-25-15-16-26(33-17-5-2)19-28(25)30(32)29(27)31/h4-6,15-16,18-24H,2,7-14,17H2,1,3H3/b6-4+. The lowest BCUT2D eigenvalue weighted by Gasteiger charge is -2.39. The Kier molecular flexibility index (Phi) is 7.88. The van der Waals surface area contributed by atoms with Crippen molar-refractivity contribution in [2.75, 3.05) is 6.61 Å². The van der Waals surface area contributed by atoms with E-state index in [-0.39, 0.29) is 11.3 Å². The zero-order valence-corrected chi connectivity index (χ0v) is 20.2. The first-order valence-electron chi connectivity index (χ1n) is 12.8. The Labute approximate surface area is 197 Å². The highest BCUT2D eigenvalue weighted by molar-refractivity contribution is 5.85. The van der Waals surface area contributed by atoms with E-state index in [2.05, 4.69) is 32.6 Å². The van der Waals surface area contributed by atoms with E-state index < -0.39 is 11.6 Å². The Morgan fingerprint density at radius 2 is 1.64 bits per heavy atom. The van der Waals surface area contributed by atoms with Crippen LogP contribution in [0.4, 0.5) is 8.78 Å². The molecule has 0 heterocycles. The van der Waals surface area contributed by atoms with Gasteiger partial charge in [-0.05, 0) is 117 Å². The normalized spacial score (nSPS) is 27.0. The maximum absolute atomic E-state index is 15.1. The first-order valence-corrected chi connectivity index (χ1v) is 12.8. The molecule has 1 nitrogen and oxygen atoms in total. The summed E-state index contributed by atoms with van der Waals surface area (Å²) < 4.78 is 35.6. The molecule has 0 amide bonds. The fourth-order valence-electron chi connectivity index (χ4n) is 6.35. The molecular weight excluding hydrogens is 414 g/mol. The summed E-state index contributed by atoms with van der Waals surface area (Å²) in [6.07, 6.45) is 15.6. The number of ether oxygens (including phenoxy) is 1. The third-order valence-electron chi connectivity index (χ3n) is 8.37. The number of hydrogen-bond acceptors (Lipinski definition) is 1. The Hall–Kier alpha value is -2.16.